The zero-order chi connectivity index (χ0) is 9.26. The third-order valence-corrected chi connectivity index (χ3v) is 3.29. The summed E-state index contributed by atoms with van der Waals surface area (Å²) in [5, 5.41) is 8.97. The Hall–Kier alpha value is -0.120. The molecule has 3 nitrogen and oxygen atoms in total. The molecule has 0 heterocycles. The summed E-state index contributed by atoms with van der Waals surface area (Å²) in [7, 11) is 0. The van der Waals surface area contributed by atoms with Gasteiger partial charge < -0.3 is 10.8 Å². The number of hydrogen-bond acceptors (Lipinski definition) is 3. The molecule has 0 aromatic rings. The van der Waals surface area contributed by atoms with E-state index in [1.54, 1.807) is 0 Å². The summed E-state index contributed by atoms with van der Waals surface area (Å²) in [5.41, 5.74) is 5.89. The van der Waals surface area contributed by atoms with Crippen LogP contribution in [0.4, 0.5) is 0 Å². The van der Waals surface area contributed by atoms with Crippen molar-refractivity contribution in [1.82, 2.24) is 4.90 Å². The lowest BCUT2D eigenvalue weighted by atomic mass is 10.2. The highest BCUT2D eigenvalue weighted by Gasteiger charge is 2.36. The number of nitrogens with two attached hydrogens (primary N) is 1. The van der Waals surface area contributed by atoms with E-state index < -0.39 is 0 Å². The van der Waals surface area contributed by atoms with Crippen molar-refractivity contribution in [3.8, 4) is 0 Å². The quantitative estimate of drug-likeness (QED) is 0.661. The summed E-state index contributed by atoms with van der Waals surface area (Å²) in [5.74, 6) is 0. The van der Waals surface area contributed by atoms with Gasteiger partial charge in [0.2, 0.25) is 0 Å². The van der Waals surface area contributed by atoms with Crippen LogP contribution in [-0.4, -0.2) is 41.3 Å². The van der Waals surface area contributed by atoms with E-state index in [0.29, 0.717) is 18.7 Å². The van der Waals surface area contributed by atoms with Crippen molar-refractivity contribution in [1.29, 1.82) is 0 Å². The molecule has 2 saturated carbocycles. The van der Waals surface area contributed by atoms with Crippen molar-refractivity contribution in [2.45, 2.75) is 50.2 Å². The molecule has 2 rings (SSSR count). The summed E-state index contributed by atoms with van der Waals surface area (Å²) in [6, 6.07) is 1.84. The lowest BCUT2D eigenvalue weighted by Gasteiger charge is -2.28. The van der Waals surface area contributed by atoms with Crippen molar-refractivity contribution in [2.24, 2.45) is 5.73 Å². The van der Waals surface area contributed by atoms with Crippen molar-refractivity contribution in [3.05, 3.63) is 0 Å². The van der Waals surface area contributed by atoms with E-state index in [1.807, 2.05) is 0 Å². The number of rotatable bonds is 4. The predicted molar refractivity (Wildman–Crippen MR) is 52.4 cm³/mol. The van der Waals surface area contributed by atoms with Gasteiger partial charge in [-0.1, -0.05) is 0 Å². The highest BCUT2D eigenvalue weighted by molar-refractivity contribution is 4.93. The monoisotopic (exact) mass is 184 g/mol. The first-order valence-electron chi connectivity index (χ1n) is 5.43. The van der Waals surface area contributed by atoms with Crippen LogP contribution in [0, 0.1) is 0 Å². The summed E-state index contributed by atoms with van der Waals surface area (Å²) >= 11 is 0. The fourth-order valence-corrected chi connectivity index (χ4v) is 2.48. The Kier molecular flexibility index (Phi) is 2.86. The molecule has 76 valence electrons. The molecule has 0 aliphatic heterocycles. The molecule has 2 aliphatic rings. The SMILES string of the molecule is NC1CCC(N(CCO)C2CC2)C1. The Bertz CT molecular complexity index is 170. The van der Waals surface area contributed by atoms with Gasteiger partial charge in [-0.2, -0.15) is 0 Å². The van der Waals surface area contributed by atoms with Crippen LogP contribution in [0.3, 0.4) is 0 Å². The average molecular weight is 184 g/mol. The number of nitrogens with zero attached hydrogens (tertiary/aromatic N) is 1. The first kappa shape index (κ1) is 9.44. The fourth-order valence-electron chi connectivity index (χ4n) is 2.48. The van der Waals surface area contributed by atoms with E-state index in [-0.39, 0.29) is 0 Å². The van der Waals surface area contributed by atoms with E-state index in [2.05, 4.69) is 4.90 Å². The summed E-state index contributed by atoms with van der Waals surface area (Å²) < 4.78 is 0. The van der Waals surface area contributed by atoms with Gasteiger partial charge in [0, 0.05) is 24.7 Å². The van der Waals surface area contributed by atoms with Crippen molar-refractivity contribution in [2.75, 3.05) is 13.2 Å². The normalized spacial score (nSPS) is 34.4. The molecule has 0 amide bonds. The number of aliphatic hydroxyl groups excluding tert-OH is 1. The Balaban J connectivity index is 1.87. The van der Waals surface area contributed by atoms with Crippen LogP contribution < -0.4 is 5.73 Å². The van der Waals surface area contributed by atoms with Gasteiger partial charge in [0.1, 0.15) is 0 Å². The molecule has 0 saturated heterocycles. The molecule has 13 heavy (non-hydrogen) atoms. The molecule has 3 heteroatoms. The molecule has 0 aromatic carbocycles. The van der Waals surface area contributed by atoms with E-state index in [0.717, 1.165) is 19.0 Å². The molecular weight excluding hydrogens is 164 g/mol. The van der Waals surface area contributed by atoms with E-state index >= 15 is 0 Å². The first-order chi connectivity index (χ1) is 6.31. The minimum absolute atomic E-state index is 0.294. The van der Waals surface area contributed by atoms with Gasteiger partial charge >= 0.3 is 0 Å². The Morgan fingerprint density at radius 1 is 1.15 bits per heavy atom. The molecular formula is C10H20N2O. The highest BCUT2D eigenvalue weighted by atomic mass is 16.3. The fraction of sp³-hybridized carbons (Fsp3) is 1.00. The van der Waals surface area contributed by atoms with Gasteiger partial charge in [-0.25, -0.2) is 0 Å². The van der Waals surface area contributed by atoms with Gasteiger partial charge in [-0.05, 0) is 32.1 Å². The number of aliphatic hydroxyl groups is 1. The highest BCUT2D eigenvalue weighted by Crippen LogP contribution is 2.33. The van der Waals surface area contributed by atoms with Gasteiger partial charge in [0.05, 0.1) is 6.61 Å². The van der Waals surface area contributed by atoms with Crippen LogP contribution >= 0.6 is 0 Å². The molecule has 3 N–H and O–H groups in total. The Labute approximate surface area is 79.9 Å². The summed E-state index contributed by atoms with van der Waals surface area (Å²) in [4.78, 5) is 2.48. The maximum absolute atomic E-state index is 8.97. The van der Waals surface area contributed by atoms with Crippen LogP contribution in [-0.2, 0) is 0 Å². The second-order valence-corrected chi connectivity index (χ2v) is 4.42. The average Bonchev–Trinajstić information content (AvgIpc) is 2.85. The largest absolute Gasteiger partial charge is 0.395 e. The number of hydrogen-bond donors (Lipinski definition) is 2. The molecule has 2 atom stereocenters. The van der Waals surface area contributed by atoms with Crippen LogP contribution in [0.1, 0.15) is 32.1 Å². The summed E-state index contributed by atoms with van der Waals surface area (Å²) in [6.07, 6.45) is 6.19. The third kappa shape index (κ3) is 2.22. The smallest absolute Gasteiger partial charge is 0.0558 e. The van der Waals surface area contributed by atoms with E-state index in [9.17, 15) is 0 Å². The van der Waals surface area contributed by atoms with Crippen LogP contribution in [0.2, 0.25) is 0 Å². The first-order valence-corrected chi connectivity index (χ1v) is 5.43. The maximum Gasteiger partial charge on any atom is 0.0558 e. The van der Waals surface area contributed by atoms with Crippen LogP contribution in [0.5, 0.6) is 0 Å². The minimum atomic E-state index is 0.294. The maximum atomic E-state index is 8.97. The molecule has 2 unspecified atom stereocenters. The van der Waals surface area contributed by atoms with Crippen molar-refractivity contribution < 1.29 is 5.11 Å². The zero-order valence-electron chi connectivity index (χ0n) is 8.15. The molecule has 2 aliphatic carbocycles. The molecule has 0 radical (unpaired) electrons. The Morgan fingerprint density at radius 3 is 2.31 bits per heavy atom. The minimum Gasteiger partial charge on any atom is -0.395 e. The zero-order valence-corrected chi connectivity index (χ0v) is 8.15. The van der Waals surface area contributed by atoms with Crippen molar-refractivity contribution in [3.63, 3.8) is 0 Å². The second kappa shape index (κ2) is 3.95. The standard InChI is InChI=1S/C10H20N2O/c11-8-1-2-10(7-8)12(5-6-13)9-3-4-9/h8-10,13H,1-7,11H2. The van der Waals surface area contributed by atoms with Gasteiger partial charge in [0.15, 0.2) is 0 Å². The second-order valence-electron chi connectivity index (χ2n) is 4.42. The van der Waals surface area contributed by atoms with Gasteiger partial charge in [0.25, 0.3) is 0 Å². The lowest BCUT2D eigenvalue weighted by molar-refractivity contribution is 0.143. The van der Waals surface area contributed by atoms with E-state index in [4.69, 9.17) is 10.8 Å². The van der Waals surface area contributed by atoms with Gasteiger partial charge in [-0.15, -0.1) is 0 Å². The summed E-state index contributed by atoms with van der Waals surface area (Å²) in [6.45, 7) is 1.14. The van der Waals surface area contributed by atoms with Crippen LogP contribution in [0.15, 0.2) is 0 Å². The van der Waals surface area contributed by atoms with Crippen molar-refractivity contribution >= 4 is 0 Å². The lowest BCUT2D eigenvalue weighted by Crippen LogP contribution is -2.38. The molecule has 0 bridgehead atoms. The third-order valence-electron chi connectivity index (χ3n) is 3.29. The predicted octanol–water partition coefficient (Wildman–Crippen LogP) is 0.323. The topological polar surface area (TPSA) is 49.5 Å². The molecule has 0 aromatic heterocycles. The van der Waals surface area contributed by atoms with E-state index in [1.165, 1.54) is 25.7 Å². The molecule has 0 spiro atoms. The van der Waals surface area contributed by atoms with Gasteiger partial charge in [-0.3, -0.25) is 4.90 Å². The Morgan fingerprint density at radius 2 is 1.85 bits per heavy atom. The molecule has 2 fully saturated rings. The van der Waals surface area contributed by atoms with Crippen LogP contribution in [0.25, 0.3) is 0 Å².